The third kappa shape index (κ3) is 3.19. The quantitative estimate of drug-likeness (QED) is 0.618. The van der Waals surface area contributed by atoms with E-state index in [1.165, 1.54) is 10.9 Å². The number of nitrogens with one attached hydrogen (secondary N) is 1. The first-order valence-electron chi connectivity index (χ1n) is 6.89. The summed E-state index contributed by atoms with van der Waals surface area (Å²) in [5.41, 5.74) is 2.20. The SMILES string of the molecule is C#CCCCCNC(C)c1oc2ccccc2c1C. The Balaban J connectivity index is 1.99. The van der Waals surface area contributed by atoms with Crippen molar-refractivity contribution in [3.63, 3.8) is 0 Å². The van der Waals surface area contributed by atoms with E-state index >= 15 is 0 Å². The molecule has 2 aromatic rings. The van der Waals surface area contributed by atoms with Gasteiger partial charge in [0.2, 0.25) is 0 Å². The molecule has 0 radical (unpaired) electrons. The second-order valence-corrected chi connectivity index (χ2v) is 4.92. The van der Waals surface area contributed by atoms with Crippen molar-refractivity contribution in [1.82, 2.24) is 5.32 Å². The van der Waals surface area contributed by atoms with E-state index < -0.39 is 0 Å². The maximum Gasteiger partial charge on any atom is 0.134 e. The van der Waals surface area contributed by atoms with E-state index in [0.717, 1.165) is 37.2 Å². The lowest BCUT2D eigenvalue weighted by atomic mass is 10.1. The fourth-order valence-electron chi connectivity index (χ4n) is 2.37. The van der Waals surface area contributed by atoms with E-state index in [2.05, 4.69) is 31.2 Å². The zero-order valence-corrected chi connectivity index (χ0v) is 11.7. The minimum atomic E-state index is 0.234. The average Bonchev–Trinajstić information content (AvgIpc) is 2.76. The van der Waals surface area contributed by atoms with Gasteiger partial charge in [0, 0.05) is 11.8 Å². The molecule has 2 rings (SSSR count). The molecule has 1 unspecified atom stereocenters. The van der Waals surface area contributed by atoms with Crippen LogP contribution in [0.3, 0.4) is 0 Å². The Hall–Kier alpha value is -1.72. The number of hydrogen-bond donors (Lipinski definition) is 1. The van der Waals surface area contributed by atoms with Crippen LogP contribution in [-0.4, -0.2) is 6.54 Å². The lowest BCUT2D eigenvalue weighted by molar-refractivity contribution is 0.443. The smallest absolute Gasteiger partial charge is 0.134 e. The molecule has 1 aromatic heterocycles. The Bertz CT molecular complexity index is 576. The van der Waals surface area contributed by atoms with Gasteiger partial charge in [-0.05, 0) is 44.9 Å². The van der Waals surface area contributed by atoms with Crippen LogP contribution in [0.5, 0.6) is 0 Å². The number of fused-ring (bicyclic) bond motifs is 1. The maximum atomic E-state index is 5.94. The van der Waals surface area contributed by atoms with Gasteiger partial charge in [-0.15, -0.1) is 12.3 Å². The molecule has 1 aromatic carbocycles. The summed E-state index contributed by atoms with van der Waals surface area (Å²) in [6, 6.07) is 8.42. The summed E-state index contributed by atoms with van der Waals surface area (Å²) < 4.78 is 5.94. The summed E-state index contributed by atoms with van der Waals surface area (Å²) in [7, 11) is 0. The lowest BCUT2D eigenvalue weighted by Gasteiger charge is -2.12. The molecule has 0 amide bonds. The first kappa shape index (κ1) is 13.7. The molecule has 0 aliphatic carbocycles. The predicted octanol–water partition coefficient (Wildman–Crippen LogP) is 4.20. The lowest BCUT2D eigenvalue weighted by Crippen LogP contribution is -2.19. The van der Waals surface area contributed by atoms with E-state index in [0.29, 0.717) is 0 Å². The third-order valence-electron chi connectivity index (χ3n) is 3.47. The van der Waals surface area contributed by atoms with Gasteiger partial charge >= 0.3 is 0 Å². The largest absolute Gasteiger partial charge is 0.459 e. The van der Waals surface area contributed by atoms with Crippen LogP contribution in [0.15, 0.2) is 28.7 Å². The zero-order valence-electron chi connectivity index (χ0n) is 11.7. The number of terminal acetylenes is 1. The van der Waals surface area contributed by atoms with Crippen molar-refractivity contribution in [1.29, 1.82) is 0 Å². The summed E-state index contributed by atoms with van der Waals surface area (Å²) in [6.45, 7) is 5.24. The van der Waals surface area contributed by atoms with Gasteiger partial charge < -0.3 is 9.73 Å². The molecule has 0 aliphatic rings. The van der Waals surface area contributed by atoms with E-state index in [1.807, 2.05) is 18.2 Å². The van der Waals surface area contributed by atoms with E-state index in [-0.39, 0.29) is 6.04 Å². The van der Waals surface area contributed by atoms with Crippen LogP contribution >= 0.6 is 0 Å². The zero-order chi connectivity index (χ0) is 13.7. The maximum absolute atomic E-state index is 5.94. The van der Waals surface area contributed by atoms with Crippen molar-refractivity contribution in [2.24, 2.45) is 0 Å². The second-order valence-electron chi connectivity index (χ2n) is 4.92. The molecule has 1 N–H and O–H groups in total. The number of aryl methyl sites for hydroxylation is 1. The minimum absolute atomic E-state index is 0.234. The number of unbranched alkanes of at least 4 members (excludes halogenated alkanes) is 2. The first-order chi connectivity index (χ1) is 9.24. The highest BCUT2D eigenvalue weighted by Crippen LogP contribution is 2.28. The van der Waals surface area contributed by atoms with Gasteiger partial charge in [0.1, 0.15) is 11.3 Å². The molecule has 0 saturated carbocycles. The monoisotopic (exact) mass is 255 g/mol. The molecule has 19 heavy (non-hydrogen) atoms. The van der Waals surface area contributed by atoms with Gasteiger partial charge in [0.25, 0.3) is 0 Å². The van der Waals surface area contributed by atoms with Crippen LogP contribution in [-0.2, 0) is 0 Å². The van der Waals surface area contributed by atoms with Crippen LogP contribution in [0.4, 0.5) is 0 Å². The van der Waals surface area contributed by atoms with Crippen LogP contribution in [0.1, 0.15) is 43.6 Å². The number of benzene rings is 1. The summed E-state index contributed by atoms with van der Waals surface area (Å²) in [4.78, 5) is 0. The molecule has 100 valence electrons. The summed E-state index contributed by atoms with van der Waals surface area (Å²) in [6.07, 6.45) is 8.28. The molecule has 0 fully saturated rings. The molecule has 2 heteroatoms. The van der Waals surface area contributed by atoms with E-state index in [9.17, 15) is 0 Å². The summed E-state index contributed by atoms with van der Waals surface area (Å²) in [5.74, 6) is 3.71. The molecule has 0 saturated heterocycles. The summed E-state index contributed by atoms with van der Waals surface area (Å²) >= 11 is 0. The first-order valence-corrected chi connectivity index (χ1v) is 6.89. The molecule has 0 spiro atoms. The van der Waals surface area contributed by atoms with Crippen molar-refractivity contribution >= 4 is 11.0 Å². The predicted molar refractivity (Wildman–Crippen MR) is 80.1 cm³/mol. The molecule has 2 nitrogen and oxygen atoms in total. The van der Waals surface area contributed by atoms with Gasteiger partial charge in [-0.1, -0.05) is 18.2 Å². The molecule has 0 bridgehead atoms. The van der Waals surface area contributed by atoms with Crippen molar-refractivity contribution in [3.8, 4) is 12.3 Å². The highest BCUT2D eigenvalue weighted by molar-refractivity contribution is 5.82. The number of rotatable bonds is 6. The van der Waals surface area contributed by atoms with Crippen LogP contribution < -0.4 is 5.32 Å². The molecular weight excluding hydrogens is 234 g/mol. The van der Waals surface area contributed by atoms with Gasteiger partial charge in [-0.3, -0.25) is 0 Å². The molecule has 0 aliphatic heterocycles. The topological polar surface area (TPSA) is 25.2 Å². The van der Waals surface area contributed by atoms with Gasteiger partial charge in [-0.2, -0.15) is 0 Å². The van der Waals surface area contributed by atoms with Crippen LogP contribution in [0, 0.1) is 19.3 Å². The second kappa shape index (κ2) is 6.45. The number of furan rings is 1. The fraction of sp³-hybridized carbons (Fsp3) is 0.412. The highest BCUT2D eigenvalue weighted by atomic mass is 16.3. The summed E-state index contributed by atoms with van der Waals surface area (Å²) in [5, 5.41) is 4.70. The standard InChI is InChI=1S/C17H21NO/c1-4-5-6-9-12-18-14(3)17-13(2)15-10-7-8-11-16(15)19-17/h1,7-8,10-11,14,18H,5-6,9,12H2,2-3H3. The van der Waals surface area contributed by atoms with Crippen molar-refractivity contribution in [2.45, 2.75) is 39.2 Å². The van der Waals surface area contributed by atoms with Gasteiger partial charge in [-0.25, -0.2) is 0 Å². The highest BCUT2D eigenvalue weighted by Gasteiger charge is 2.15. The Kier molecular flexibility index (Phi) is 4.65. The molecule has 1 heterocycles. The minimum Gasteiger partial charge on any atom is -0.459 e. The van der Waals surface area contributed by atoms with Crippen molar-refractivity contribution in [3.05, 3.63) is 35.6 Å². The van der Waals surface area contributed by atoms with Gasteiger partial charge in [0.05, 0.1) is 6.04 Å². The molecular formula is C17H21NO. The van der Waals surface area contributed by atoms with Crippen molar-refractivity contribution in [2.75, 3.05) is 6.54 Å². The Morgan fingerprint density at radius 3 is 2.84 bits per heavy atom. The Labute approximate surface area is 115 Å². The van der Waals surface area contributed by atoms with E-state index in [4.69, 9.17) is 10.8 Å². The number of para-hydroxylation sites is 1. The Morgan fingerprint density at radius 1 is 1.32 bits per heavy atom. The van der Waals surface area contributed by atoms with E-state index in [1.54, 1.807) is 0 Å². The van der Waals surface area contributed by atoms with Crippen molar-refractivity contribution < 1.29 is 4.42 Å². The number of hydrogen-bond acceptors (Lipinski definition) is 2. The van der Waals surface area contributed by atoms with Crippen LogP contribution in [0.2, 0.25) is 0 Å². The van der Waals surface area contributed by atoms with Gasteiger partial charge in [0.15, 0.2) is 0 Å². The Morgan fingerprint density at radius 2 is 2.11 bits per heavy atom. The van der Waals surface area contributed by atoms with Crippen LogP contribution in [0.25, 0.3) is 11.0 Å². The molecule has 1 atom stereocenters. The third-order valence-corrected chi connectivity index (χ3v) is 3.47. The normalized spacial score (nSPS) is 12.5. The average molecular weight is 255 g/mol. The fourth-order valence-corrected chi connectivity index (χ4v) is 2.37.